The number of hydrogen-bond donors (Lipinski definition) is 1. The third kappa shape index (κ3) is 5.02. The van der Waals surface area contributed by atoms with Gasteiger partial charge in [0.1, 0.15) is 11.4 Å². The number of benzene rings is 2. The third-order valence-electron chi connectivity index (χ3n) is 5.53. The van der Waals surface area contributed by atoms with Crippen LogP contribution in [0.5, 0.6) is 0 Å². The van der Waals surface area contributed by atoms with Crippen LogP contribution in [0.2, 0.25) is 10.0 Å². The molecule has 3 aromatic rings. The third-order valence-corrected chi connectivity index (χ3v) is 7.06. The smallest absolute Gasteiger partial charge is 0.410 e. The Balaban J connectivity index is 2.01. The normalized spacial score (nSPS) is 16.6. The molecule has 186 valence electrons. The number of fused-ring (bicyclic) bond motifs is 1. The van der Waals surface area contributed by atoms with Crippen LogP contribution < -0.4 is 10.7 Å². The van der Waals surface area contributed by atoms with E-state index in [1.807, 2.05) is 0 Å². The van der Waals surface area contributed by atoms with Crippen LogP contribution in [0.1, 0.15) is 45.5 Å². The molecule has 0 radical (unpaired) electrons. The summed E-state index contributed by atoms with van der Waals surface area (Å²) in [7, 11) is -4.05. The fourth-order valence-corrected chi connectivity index (χ4v) is 5.07. The SMILES string of the molecule is CC(C)(C)OC(=O)N1CCC[C@H]1c1nc2c(Cl)ccc(Cl)c2c(=O)n1-c1cccc(S(N)(=O)=O)c1. The fraction of sp³-hybridized carbons (Fsp3) is 0.348. The Morgan fingerprint density at radius 2 is 1.86 bits per heavy atom. The predicted molar refractivity (Wildman–Crippen MR) is 134 cm³/mol. The molecule has 1 saturated heterocycles. The Kier molecular flexibility index (Phi) is 6.60. The van der Waals surface area contributed by atoms with Gasteiger partial charge in [-0.25, -0.2) is 23.3 Å². The van der Waals surface area contributed by atoms with Crippen molar-refractivity contribution in [3.8, 4) is 5.69 Å². The molecule has 2 aromatic carbocycles. The lowest BCUT2D eigenvalue weighted by Gasteiger charge is -2.29. The molecule has 0 spiro atoms. The molecule has 35 heavy (non-hydrogen) atoms. The van der Waals surface area contributed by atoms with Crippen LogP contribution in [0.25, 0.3) is 16.6 Å². The lowest BCUT2D eigenvalue weighted by molar-refractivity contribution is 0.0216. The van der Waals surface area contributed by atoms with Crippen molar-refractivity contribution < 1.29 is 17.9 Å². The molecule has 0 unspecified atom stereocenters. The molecule has 1 amide bonds. The van der Waals surface area contributed by atoms with Gasteiger partial charge in [0.25, 0.3) is 5.56 Å². The van der Waals surface area contributed by atoms with Gasteiger partial charge in [-0.05, 0) is 63.9 Å². The van der Waals surface area contributed by atoms with E-state index in [9.17, 15) is 18.0 Å². The van der Waals surface area contributed by atoms with Gasteiger partial charge in [-0.2, -0.15) is 0 Å². The number of ether oxygens (including phenoxy) is 1. The van der Waals surface area contributed by atoms with Gasteiger partial charge in [0.05, 0.1) is 37.6 Å². The van der Waals surface area contributed by atoms with Crippen molar-refractivity contribution in [3.63, 3.8) is 0 Å². The van der Waals surface area contributed by atoms with E-state index in [1.165, 1.54) is 39.8 Å². The summed E-state index contributed by atoms with van der Waals surface area (Å²) in [6.45, 7) is 5.69. The van der Waals surface area contributed by atoms with Crippen LogP contribution >= 0.6 is 23.2 Å². The second-order valence-electron chi connectivity index (χ2n) is 9.24. The van der Waals surface area contributed by atoms with E-state index in [1.54, 1.807) is 26.8 Å². The molecule has 2 N–H and O–H groups in total. The molecule has 0 bridgehead atoms. The number of halogens is 2. The zero-order valence-corrected chi connectivity index (χ0v) is 21.6. The molecular formula is C23H24Cl2N4O5S. The van der Waals surface area contributed by atoms with E-state index in [-0.39, 0.29) is 37.4 Å². The van der Waals surface area contributed by atoms with Gasteiger partial charge < -0.3 is 4.74 Å². The highest BCUT2D eigenvalue weighted by Crippen LogP contribution is 2.35. The van der Waals surface area contributed by atoms with Crippen LogP contribution in [0, 0.1) is 0 Å². The number of nitrogens with zero attached hydrogens (tertiary/aromatic N) is 3. The van der Waals surface area contributed by atoms with E-state index >= 15 is 0 Å². The zero-order chi connectivity index (χ0) is 25.7. The molecule has 4 rings (SSSR count). The minimum Gasteiger partial charge on any atom is -0.444 e. The van der Waals surface area contributed by atoms with Gasteiger partial charge in [-0.1, -0.05) is 29.3 Å². The van der Waals surface area contributed by atoms with Crippen LogP contribution in [0.15, 0.2) is 46.1 Å². The van der Waals surface area contributed by atoms with Gasteiger partial charge in [0, 0.05) is 6.54 Å². The minimum absolute atomic E-state index is 0.0748. The Hall–Kier alpha value is -2.66. The van der Waals surface area contributed by atoms with E-state index in [0.29, 0.717) is 19.4 Å². The number of carbonyl (C=O) groups is 1. The maximum Gasteiger partial charge on any atom is 0.410 e. The average Bonchev–Trinajstić information content (AvgIpc) is 3.24. The lowest BCUT2D eigenvalue weighted by Crippen LogP contribution is -2.38. The van der Waals surface area contributed by atoms with Crippen molar-refractivity contribution in [2.45, 2.75) is 50.2 Å². The van der Waals surface area contributed by atoms with Crippen LogP contribution in [-0.2, 0) is 14.8 Å². The van der Waals surface area contributed by atoms with Crippen LogP contribution in [0.3, 0.4) is 0 Å². The summed E-state index contributed by atoms with van der Waals surface area (Å²) < 4.78 is 30.8. The highest BCUT2D eigenvalue weighted by atomic mass is 35.5. The number of nitrogens with two attached hydrogens (primary N) is 1. The lowest BCUT2D eigenvalue weighted by atomic mass is 10.1. The first-order chi connectivity index (χ1) is 16.3. The summed E-state index contributed by atoms with van der Waals surface area (Å²) in [6.07, 6.45) is 0.610. The summed E-state index contributed by atoms with van der Waals surface area (Å²) in [4.78, 5) is 32.8. The monoisotopic (exact) mass is 538 g/mol. The molecule has 1 fully saturated rings. The summed E-state index contributed by atoms with van der Waals surface area (Å²) >= 11 is 12.7. The van der Waals surface area contributed by atoms with Gasteiger partial charge in [-0.3, -0.25) is 14.3 Å². The minimum atomic E-state index is -4.05. The van der Waals surface area contributed by atoms with Gasteiger partial charge >= 0.3 is 6.09 Å². The van der Waals surface area contributed by atoms with Gasteiger partial charge in [0.15, 0.2) is 0 Å². The molecule has 1 atom stereocenters. The summed E-state index contributed by atoms with van der Waals surface area (Å²) in [5.41, 5.74) is -0.881. The van der Waals surface area contributed by atoms with Crippen molar-refractivity contribution in [1.82, 2.24) is 14.5 Å². The van der Waals surface area contributed by atoms with E-state index < -0.39 is 33.3 Å². The van der Waals surface area contributed by atoms with Crippen molar-refractivity contribution >= 4 is 50.2 Å². The second kappa shape index (κ2) is 9.09. The molecule has 9 nitrogen and oxygen atoms in total. The maximum atomic E-state index is 13.8. The Morgan fingerprint density at radius 3 is 2.51 bits per heavy atom. The number of carbonyl (C=O) groups excluding carboxylic acids is 1. The molecule has 1 aliphatic rings. The summed E-state index contributed by atoms with van der Waals surface area (Å²) in [6, 6.07) is 8.02. The largest absolute Gasteiger partial charge is 0.444 e. The molecular weight excluding hydrogens is 515 g/mol. The van der Waals surface area contributed by atoms with Crippen LogP contribution in [-0.4, -0.2) is 41.1 Å². The fourth-order valence-electron chi connectivity index (χ4n) is 4.08. The van der Waals surface area contributed by atoms with Crippen molar-refractivity contribution in [2.24, 2.45) is 5.14 Å². The first-order valence-electron chi connectivity index (χ1n) is 10.8. The quantitative estimate of drug-likeness (QED) is 0.526. The predicted octanol–water partition coefficient (Wildman–Crippen LogP) is 4.41. The Labute approximate surface area is 212 Å². The van der Waals surface area contributed by atoms with E-state index in [4.69, 9.17) is 38.1 Å². The van der Waals surface area contributed by atoms with Gasteiger partial charge in [0.2, 0.25) is 10.0 Å². The van der Waals surface area contributed by atoms with Crippen LogP contribution in [0.4, 0.5) is 4.79 Å². The topological polar surface area (TPSA) is 125 Å². The number of amides is 1. The Bertz CT molecular complexity index is 1500. The second-order valence-corrected chi connectivity index (χ2v) is 11.6. The molecule has 12 heteroatoms. The average molecular weight is 539 g/mol. The standard InChI is InChI=1S/C23H24Cl2N4O5S/c1-23(2,3)34-22(31)28-11-5-8-17(28)20-27-19-16(25)10-9-15(24)18(19)21(30)29(20)13-6-4-7-14(12-13)35(26,32)33/h4,6-7,9-10,12,17H,5,8,11H2,1-3H3,(H2,26,32,33)/t17-/m0/s1. The number of primary sulfonamides is 1. The highest BCUT2D eigenvalue weighted by Gasteiger charge is 2.37. The van der Waals surface area contributed by atoms with E-state index in [2.05, 4.69) is 0 Å². The zero-order valence-electron chi connectivity index (χ0n) is 19.3. The first-order valence-corrected chi connectivity index (χ1v) is 13.1. The molecule has 0 aliphatic carbocycles. The molecule has 0 saturated carbocycles. The molecule has 1 aromatic heterocycles. The van der Waals surface area contributed by atoms with Gasteiger partial charge in [-0.15, -0.1) is 0 Å². The number of rotatable bonds is 3. The summed E-state index contributed by atoms with van der Waals surface area (Å²) in [5, 5.41) is 5.75. The Morgan fingerprint density at radius 1 is 1.17 bits per heavy atom. The number of sulfonamides is 1. The number of likely N-dealkylation sites (tertiary alicyclic amines) is 1. The highest BCUT2D eigenvalue weighted by molar-refractivity contribution is 7.89. The summed E-state index contributed by atoms with van der Waals surface area (Å²) in [5.74, 6) is 0.210. The number of hydrogen-bond acceptors (Lipinski definition) is 6. The van der Waals surface area contributed by atoms with Crippen molar-refractivity contribution in [1.29, 1.82) is 0 Å². The van der Waals surface area contributed by atoms with E-state index in [0.717, 1.165) is 0 Å². The van der Waals surface area contributed by atoms with Crippen molar-refractivity contribution in [3.05, 3.63) is 62.6 Å². The number of aromatic nitrogens is 2. The maximum absolute atomic E-state index is 13.8. The molecule has 2 heterocycles. The molecule has 1 aliphatic heterocycles. The van der Waals surface area contributed by atoms with Crippen molar-refractivity contribution in [2.75, 3.05) is 6.54 Å². The first kappa shape index (κ1) is 25.4.